The number of carbonyl (C=O) groups excluding carboxylic acids is 1. The summed E-state index contributed by atoms with van der Waals surface area (Å²) in [5.74, 6) is -1.03. The second-order valence-electron chi connectivity index (χ2n) is 2.44. The molecule has 0 saturated heterocycles. The molecule has 1 N–H and O–H groups in total. The third kappa shape index (κ3) is 2.83. The van der Waals surface area contributed by atoms with Crippen molar-refractivity contribution >= 4 is 5.97 Å². The van der Waals surface area contributed by atoms with Crippen LogP contribution in [0.25, 0.3) is 0 Å². The fourth-order valence-electron chi connectivity index (χ4n) is 0.884. The normalized spacial score (nSPS) is 9.77. The molecule has 0 fully saturated rings. The van der Waals surface area contributed by atoms with Gasteiger partial charge in [-0.25, -0.2) is 4.39 Å². The van der Waals surface area contributed by atoms with Crippen LogP contribution in [0.5, 0.6) is 5.75 Å². The highest BCUT2D eigenvalue weighted by atomic mass is 19.1. The first-order valence-electron chi connectivity index (χ1n) is 3.58. The van der Waals surface area contributed by atoms with Gasteiger partial charge in [0.15, 0.2) is 0 Å². The minimum atomic E-state index is -0.570. The van der Waals surface area contributed by atoms with E-state index in [1.165, 1.54) is 13.0 Å². The number of aliphatic hydroxyl groups is 1. The van der Waals surface area contributed by atoms with Crippen molar-refractivity contribution in [1.82, 2.24) is 0 Å². The molecule has 4 heteroatoms. The van der Waals surface area contributed by atoms with Gasteiger partial charge in [0.25, 0.3) is 0 Å². The second-order valence-corrected chi connectivity index (χ2v) is 2.44. The van der Waals surface area contributed by atoms with Crippen LogP contribution in [0.3, 0.4) is 0 Å². The maximum absolute atomic E-state index is 12.7. The topological polar surface area (TPSA) is 46.5 Å². The molecule has 0 aromatic heterocycles. The molecule has 0 heterocycles. The Morgan fingerprint density at radius 1 is 1.54 bits per heavy atom. The lowest BCUT2D eigenvalue weighted by molar-refractivity contribution is -0.131. The van der Waals surface area contributed by atoms with Gasteiger partial charge in [0, 0.05) is 13.0 Å². The monoisotopic (exact) mass is 183 g/mol. The molecule has 1 rings (SSSR count). The predicted molar refractivity (Wildman–Crippen MR) is 43.0 cm³/mol. The Balaban J connectivity index is 2.94. The first-order chi connectivity index (χ1) is 6.11. The van der Waals surface area contributed by atoms with Gasteiger partial charge in [0.05, 0.1) is 0 Å². The second kappa shape index (κ2) is 4.00. The summed E-state index contributed by atoms with van der Waals surface area (Å²) < 4.78 is 17.4. The Kier molecular flexibility index (Phi) is 2.97. The maximum atomic E-state index is 12.7. The van der Waals surface area contributed by atoms with Crippen molar-refractivity contribution in [2.24, 2.45) is 0 Å². The van der Waals surface area contributed by atoms with Gasteiger partial charge in [0.1, 0.15) is 18.2 Å². The van der Waals surface area contributed by atoms with E-state index in [-0.39, 0.29) is 11.3 Å². The number of hydrogen-bond donors (Lipinski definition) is 1. The molecule has 1 aromatic carbocycles. The Morgan fingerprint density at radius 2 is 2.23 bits per heavy atom. The van der Waals surface area contributed by atoms with Gasteiger partial charge in [-0.05, 0) is 17.7 Å². The maximum Gasteiger partial charge on any atom is 0.308 e. The van der Waals surface area contributed by atoms with Gasteiger partial charge < -0.3 is 9.84 Å². The van der Waals surface area contributed by atoms with E-state index in [0.29, 0.717) is 0 Å². The van der Waals surface area contributed by atoms with Crippen LogP contribution < -0.4 is 4.74 Å². The zero-order chi connectivity index (χ0) is 9.84. The largest absolute Gasteiger partial charge is 0.427 e. The van der Waals surface area contributed by atoms with E-state index in [2.05, 4.69) is 4.74 Å². The molecule has 0 aliphatic rings. The number of hydrogen-bond acceptors (Lipinski definition) is 3. The summed E-state index contributed by atoms with van der Waals surface area (Å²) in [6.45, 7) is 1.95. The standard InChI is InChI=1S/C9H8FO3/c1-6(12)13-9-3-7(5-11)2-8(10)4-9/h2-5,11H,1H3. The molecule has 3 nitrogen and oxygen atoms in total. The van der Waals surface area contributed by atoms with Crippen molar-refractivity contribution < 1.29 is 19.0 Å². The third-order valence-corrected chi connectivity index (χ3v) is 1.30. The molecule has 13 heavy (non-hydrogen) atoms. The summed E-state index contributed by atoms with van der Waals surface area (Å²) in [5, 5.41) is 8.59. The molecule has 0 unspecified atom stereocenters. The molecule has 0 atom stereocenters. The highest BCUT2D eigenvalue weighted by Gasteiger charge is 2.03. The minimum absolute atomic E-state index is 0.0767. The predicted octanol–water partition coefficient (Wildman–Crippen LogP) is 1.63. The molecular formula is C9H8FO3. The van der Waals surface area contributed by atoms with Crippen molar-refractivity contribution in [3.05, 3.63) is 36.2 Å². The molecule has 0 saturated carbocycles. The van der Waals surface area contributed by atoms with Crippen LogP contribution in [0.4, 0.5) is 4.39 Å². The minimum Gasteiger partial charge on any atom is -0.427 e. The van der Waals surface area contributed by atoms with Crippen molar-refractivity contribution in [3.63, 3.8) is 0 Å². The Morgan fingerprint density at radius 3 is 2.77 bits per heavy atom. The quantitative estimate of drug-likeness (QED) is 0.560. The smallest absolute Gasteiger partial charge is 0.308 e. The Bertz CT molecular complexity index is 323. The molecule has 0 bridgehead atoms. The molecule has 69 valence electrons. The van der Waals surface area contributed by atoms with Gasteiger partial charge in [-0.2, -0.15) is 0 Å². The average Bonchev–Trinajstić information content (AvgIpc) is 2.01. The first kappa shape index (κ1) is 9.67. The summed E-state index contributed by atoms with van der Waals surface area (Å²) in [4.78, 5) is 10.5. The lowest BCUT2D eigenvalue weighted by Crippen LogP contribution is -2.02. The van der Waals surface area contributed by atoms with Crippen LogP contribution in [-0.2, 0) is 4.79 Å². The van der Waals surface area contributed by atoms with Crippen LogP contribution in [-0.4, -0.2) is 11.1 Å². The van der Waals surface area contributed by atoms with E-state index >= 15 is 0 Å². The number of ether oxygens (including phenoxy) is 1. The van der Waals surface area contributed by atoms with Crippen LogP contribution in [0.15, 0.2) is 18.2 Å². The summed E-state index contributed by atoms with van der Waals surface area (Å²) in [7, 11) is 0. The number of esters is 1. The van der Waals surface area contributed by atoms with E-state index in [1.807, 2.05) is 0 Å². The fourth-order valence-corrected chi connectivity index (χ4v) is 0.884. The molecule has 0 spiro atoms. The summed E-state index contributed by atoms with van der Waals surface area (Å²) in [6, 6.07) is 3.53. The number of carbonyl (C=O) groups is 1. The number of benzene rings is 1. The summed E-state index contributed by atoms with van der Waals surface area (Å²) in [6.07, 6.45) is 0. The zero-order valence-corrected chi connectivity index (χ0v) is 6.95. The summed E-state index contributed by atoms with van der Waals surface area (Å²) in [5.41, 5.74) is 0.247. The van der Waals surface area contributed by atoms with Crippen LogP contribution in [0, 0.1) is 12.4 Å². The first-order valence-corrected chi connectivity index (χ1v) is 3.58. The van der Waals surface area contributed by atoms with Gasteiger partial charge in [-0.1, -0.05) is 0 Å². The average molecular weight is 183 g/mol. The third-order valence-electron chi connectivity index (χ3n) is 1.30. The SMILES string of the molecule is CC(=O)Oc1cc(F)cc([CH]O)c1. The van der Waals surface area contributed by atoms with E-state index < -0.39 is 11.8 Å². The van der Waals surface area contributed by atoms with E-state index in [1.54, 1.807) is 0 Å². The molecule has 0 amide bonds. The highest BCUT2D eigenvalue weighted by molar-refractivity contribution is 5.69. The van der Waals surface area contributed by atoms with Gasteiger partial charge in [-0.3, -0.25) is 4.79 Å². The van der Waals surface area contributed by atoms with Crippen molar-refractivity contribution in [2.45, 2.75) is 6.92 Å². The van der Waals surface area contributed by atoms with E-state index in [9.17, 15) is 9.18 Å². The molecule has 1 aromatic rings. The lowest BCUT2D eigenvalue weighted by Gasteiger charge is -2.02. The molecular weight excluding hydrogens is 175 g/mol. The van der Waals surface area contributed by atoms with Crippen LogP contribution in [0.2, 0.25) is 0 Å². The summed E-state index contributed by atoms with van der Waals surface area (Å²) >= 11 is 0. The Hall–Kier alpha value is -1.42. The Labute approximate surface area is 74.8 Å². The van der Waals surface area contributed by atoms with Gasteiger partial charge in [0.2, 0.25) is 0 Å². The van der Waals surface area contributed by atoms with E-state index in [0.717, 1.165) is 18.7 Å². The van der Waals surface area contributed by atoms with Gasteiger partial charge >= 0.3 is 5.97 Å². The van der Waals surface area contributed by atoms with Crippen molar-refractivity contribution in [1.29, 1.82) is 0 Å². The molecule has 1 radical (unpaired) electrons. The highest BCUT2D eigenvalue weighted by Crippen LogP contribution is 2.16. The van der Waals surface area contributed by atoms with Gasteiger partial charge in [-0.15, -0.1) is 0 Å². The van der Waals surface area contributed by atoms with Crippen molar-refractivity contribution in [2.75, 3.05) is 0 Å². The number of halogens is 1. The molecule has 0 aliphatic heterocycles. The van der Waals surface area contributed by atoms with E-state index in [4.69, 9.17) is 5.11 Å². The van der Waals surface area contributed by atoms with Crippen LogP contribution >= 0.6 is 0 Å². The van der Waals surface area contributed by atoms with Crippen molar-refractivity contribution in [3.8, 4) is 5.75 Å². The van der Waals surface area contributed by atoms with Crippen LogP contribution in [0.1, 0.15) is 12.5 Å². The number of rotatable bonds is 2. The molecule has 0 aliphatic carbocycles. The number of aliphatic hydroxyl groups excluding tert-OH is 1. The zero-order valence-electron chi connectivity index (χ0n) is 6.95. The lowest BCUT2D eigenvalue weighted by atomic mass is 10.2. The fraction of sp³-hybridized carbons (Fsp3) is 0.111.